The number of hydrogen-bond acceptors (Lipinski definition) is 5. The SMILES string of the molecule is Cc1ccc(NC(=O)C(C)OC(=O)CN2C(=O)C3CCCCC3C2=O)c(C)c1. The molecule has 1 heterocycles. The number of esters is 1. The molecule has 1 N–H and O–H groups in total. The molecule has 1 aliphatic carbocycles. The van der Waals surface area contributed by atoms with Gasteiger partial charge in [-0.15, -0.1) is 0 Å². The number of likely N-dealkylation sites (tertiary alicyclic amines) is 1. The molecule has 7 nitrogen and oxygen atoms in total. The molecule has 7 heteroatoms. The first-order chi connectivity index (χ1) is 13.3. The van der Waals surface area contributed by atoms with Gasteiger partial charge in [-0.3, -0.25) is 24.1 Å². The average Bonchev–Trinajstić information content (AvgIpc) is 2.89. The van der Waals surface area contributed by atoms with Crippen molar-refractivity contribution in [2.45, 2.75) is 52.6 Å². The van der Waals surface area contributed by atoms with Crippen molar-refractivity contribution in [3.8, 4) is 0 Å². The van der Waals surface area contributed by atoms with Crippen LogP contribution in [-0.4, -0.2) is 41.2 Å². The first kappa shape index (κ1) is 20.0. The number of aryl methyl sites for hydroxylation is 2. The van der Waals surface area contributed by atoms with Crippen LogP contribution < -0.4 is 5.32 Å². The van der Waals surface area contributed by atoms with Gasteiger partial charge in [0.15, 0.2) is 6.10 Å². The van der Waals surface area contributed by atoms with Crippen LogP contribution in [0.1, 0.15) is 43.7 Å². The summed E-state index contributed by atoms with van der Waals surface area (Å²) in [5.74, 6) is -2.42. The Hall–Kier alpha value is -2.70. The van der Waals surface area contributed by atoms with Gasteiger partial charge < -0.3 is 10.1 Å². The van der Waals surface area contributed by atoms with Crippen LogP contribution in [0.4, 0.5) is 5.69 Å². The minimum atomic E-state index is -1.04. The zero-order chi connectivity index (χ0) is 20.4. The fourth-order valence-electron chi connectivity index (χ4n) is 3.99. The van der Waals surface area contributed by atoms with Crippen molar-refractivity contribution in [3.63, 3.8) is 0 Å². The Morgan fingerprint density at radius 3 is 2.32 bits per heavy atom. The van der Waals surface area contributed by atoms with E-state index in [1.807, 2.05) is 26.0 Å². The summed E-state index contributed by atoms with van der Waals surface area (Å²) in [6, 6.07) is 5.61. The molecule has 3 atom stereocenters. The molecule has 3 amide bonds. The minimum Gasteiger partial charge on any atom is -0.451 e. The highest BCUT2D eigenvalue weighted by atomic mass is 16.5. The zero-order valence-electron chi connectivity index (χ0n) is 16.5. The summed E-state index contributed by atoms with van der Waals surface area (Å²) in [4.78, 5) is 50.4. The first-order valence-corrected chi connectivity index (χ1v) is 9.70. The smallest absolute Gasteiger partial charge is 0.326 e. The quantitative estimate of drug-likeness (QED) is 0.619. The van der Waals surface area contributed by atoms with E-state index in [1.54, 1.807) is 6.07 Å². The third-order valence-electron chi connectivity index (χ3n) is 5.54. The third kappa shape index (κ3) is 4.08. The summed E-state index contributed by atoms with van der Waals surface area (Å²) in [7, 11) is 0. The average molecular weight is 386 g/mol. The molecule has 1 aromatic carbocycles. The molecule has 28 heavy (non-hydrogen) atoms. The lowest BCUT2D eigenvalue weighted by atomic mass is 9.81. The first-order valence-electron chi connectivity index (χ1n) is 9.70. The summed E-state index contributed by atoms with van der Waals surface area (Å²) in [5, 5.41) is 2.73. The van der Waals surface area contributed by atoms with Gasteiger partial charge in [0.05, 0.1) is 11.8 Å². The van der Waals surface area contributed by atoms with Gasteiger partial charge in [0.1, 0.15) is 6.54 Å². The van der Waals surface area contributed by atoms with E-state index in [1.165, 1.54) is 6.92 Å². The number of carbonyl (C=O) groups excluding carboxylic acids is 4. The Labute approximate surface area is 164 Å². The Morgan fingerprint density at radius 1 is 1.14 bits per heavy atom. The fourth-order valence-corrected chi connectivity index (χ4v) is 3.99. The Morgan fingerprint density at radius 2 is 1.75 bits per heavy atom. The highest BCUT2D eigenvalue weighted by Gasteiger charge is 2.48. The van der Waals surface area contributed by atoms with E-state index in [4.69, 9.17) is 4.74 Å². The summed E-state index contributed by atoms with van der Waals surface area (Å²) >= 11 is 0. The Balaban J connectivity index is 1.56. The van der Waals surface area contributed by atoms with Crippen molar-refractivity contribution < 1.29 is 23.9 Å². The van der Waals surface area contributed by atoms with Crippen LogP contribution in [0.25, 0.3) is 0 Å². The van der Waals surface area contributed by atoms with Crippen molar-refractivity contribution in [1.82, 2.24) is 4.90 Å². The number of nitrogens with one attached hydrogen (secondary N) is 1. The van der Waals surface area contributed by atoms with Crippen molar-refractivity contribution in [2.75, 3.05) is 11.9 Å². The van der Waals surface area contributed by atoms with Gasteiger partial charge in [-0.05, 0) is 45.2 Å². The predicted molar refractivity (Wildman–Crippen MR) is 102 cm³/mol. The minimum absolute atomic E-state index is 0.293. The van der Waals surface area contributed by atoms with E-state index in [9.17, 15) is 19.2 Å². The van der Waals surface area contributed by atoms with Crippen LogP contribution in [0, 0.1) is 25.7 Å². The van der Waals surface area contributed by atoms with Crippen molar-refractivity contribution in [1.29, 1.82) is 0 Å². The molecule has 0 radical (unpaired) electrons. The topological polar surface area (TPSA) is 92.8 Å². The molecule has 3 rings (SSSR count). The highest BCUT2D eigenvalue weighted by Crippen LogP contribution is 2.37. The van der Waals surface area contributed by atoms with Crippen molar-refractivity contribution in [3.05, 3.63) is 29.3 Å². The van der Waals surface area contributed by atoms with Gasteiger partial charge >= 0.3 is 5.97 Å². The van der Waals surface area contributed by atoms with Gasteiger partial charge in [-0.1, -0.05) is 30.5 Å². The molecule has 1 saturated carbocycles. The van der Waals surface area contributed by atoms with Gasteiger partial charge in [0.25, 0.3) is 5.91 Å². The second kappa shape index (κ2) is 8.12. The summed E-state index contributed by atoms with van der Waals surface area (Å²) in [5.41, 5.74) is 2.63. The molecule has 150 valence electrons. The maximum absolute atomic E-state index is 12.4. The van der Waals surface area contributed by atoms with Crippen LogP contribution in [0.2, 0.25) is 0 Å². The number of nitrogens with zero attached hydrogens (tertiary/aromatic N) is 1. The van der Waals surface area contributed by atoms with Gasteiger partial charge in [-0.2, -0.15) is 0 Å². The van der Waals surface area contributed by atoms with Crippen LogP contribution in [0.5, 0.6) is 0 Å². The number of anilines is 1. The van der Waals surface area contributed by atoms with Gasteiger partial charge in [0.2, 0.25) is 11.8 Å². The van der Waals surface area contributed by atoms with Gasteiger partial charge in [-0.25, -0.2) is 0 Å². The number of rotatable bonds is 5. The van der Waals surface area contributed by atoms with Crippen molar-refractivity contribution >= 4 is 29.4 Å². The normalized spacial score (nSPS) is 22.6. The molecule has 2 aliphatic rings. The molecule has 2 fully saturated rings. The molecule has 1 aliphatic heterocycles. The van der Waals surface area contributed by atoms with Crippen LogP contribution in [0.3, 0.4) is 0 Å². The second-order valence-electron chi connectivity index (χ2n) is 7.70. The summed E-state index contributed by atoms with van der Waals surface area (Å²) in [6.07, 6.45) is 2.19. The van der Waals surface area contributed by atoms with E-state index in [0.717, 1.165) is 28.9 Å². The monoisotopic (exact) mass is 386 g/mol. The lowest BCUT2D eigenvalue weighted by Gasteiger charge is -2.19. The molecular weight excluding hydrogens is 360 g/mol. The highest BCUT2D eigenvalue weighted by molar-refractivity contribution is 6.07. The zero-order valence-corrected chi connectivity index (χ0v) is 16.5. The number of fused-ring (bicyclic) bond motifs is 1. The molecular formula is C21H26N2O5. The standard InChI is InChI=1S/C21H26N2O5/c1-12-8-9-17(13(2)10-12)22-19(25)14(3)28-18(24)11-23-20(26)15-6-4-5-7-16(15)21(23)27/h8-10,14-16H,4-7,11H2,1-3H3,(H,22,25). The maximum atomic E-state index is 12.4. The number of carbonyl (C=O) groups is 4. The fraction of sp³-hybridized carbons (Fsp3) is 0.524. The van der Waals surface area contributed by atoms with Gasteiger partial charge in [0, 0.05) is 5.69 Å². The Bertz CT molecular complexity index is 795. The van der Waals surface area contributed by atoms with E-state index >= 15 is 0 Å². The number of benzene rings is 1. The van der Waals surface area contributed by atoms with E-state index in [0.29, 0.717) is 18.5 Å². The van der Waals surface area contributed by atoms with Crippen molar-refractivity contribution in [2.24, 2.45) is 11.8 Å². The molecule has 1 aromatic rings. The summed E-state index contributed by atoms with van der Waals surface area (Å²) in [6.45, 7) is 4.86. The van der Waals surface area contributed by atoms with Crippen LogP contribution in [0.15, 0.2) is 18.2 Å². The molecule has 0 aromatic heterocycles. The maximum Gasteiger partial charge on any atom is 0.326 e. The summed E-state index contributed by atoms with van der Waals surface area (Å²) < 4.78 is 5.16. The van der Waals surface area contributed by atoms with E-state index < -0.39 is 24.5 Å². The second-order valence-corrected chi connectivity index (χ2v) is 7.70. The van der Waals surface area contributed by atoms with Crippen LogP contribution >= 0.6 is 0 Å². The lowest BCUT2D eigenvalue weighted by molar-refractivity contribution is -0.158. The largest absolute Gasteiger partial charge is 0.451 e. The number of hydrogen-bond donors (Lipinski definition) is 1. The third-order valence-corrected chi connectivity index (χ3v) is 5.54. The van der Waals surface area contributed by atoms with Crippen LogP contribution in [-0.2, 0) is 23.9 Å². The molecule has 1 saturated heterocycles. The molecule has 3 unspecified atom stereocenters. The Kier molecular flexibility index (Phi) is 5.82. The number of imide groups is 1. The lowest BCUT2D eigenvalue weighted by Crippen LogP contribution is -2.39. The molecule has 0 spiro atoms. The predicted octanol–water partition coefficient (Wildman–Crippen LogP) is 2.35. The van der Waals surface area contributed by atoms with E-state index in [-0.39, 0.29) is 23.7 Å². The number of amides is 3. The molecule has 0 bridgehead atoms. The number of ether oxygens (including phenoxy) is 1. The van der Waals surface area contributed by atoms with E-state index in [2.05, 4.69) is 5.32 Å².